The van der Waals surface area contributed by atoms with Crippen molar-refractivity contribution in [3.8, 4) is 6.07 Å². The van der Waals surface area contributed by atoms with E-state index < -0.39 is 0 Å². The molecule has 0 spiro atoms. The molecule has 0 aliphatic rings. The normalized spacial score (nSPS) is 9.83. The van der Waals surface area contributed by atoms with Crippen molar-refractivity contribution < 1.29 is 0 Å². The van der Waals surface area contributed by atoms with Crippen LogP contribution in [0.25, 0.3) is 0 Å². The Morgan fingerprint density at radius 1 is 1.22 bits per heavy atom. The van der Waals surface area contributed by atoms with Crippen LogP contribution in [0.1, 0.15) is 23.7 Å². The molecule has 90 valence electrons. The van der Waals surface area contributed by atoms with Crippen molar-refractivity contribution in [1.29, 1.82) is 5.26 Å². The lowest BCUT2D eigenvalue weighted by Gasteiger charge is -2.11. The fourth-order valence-electron chi connectivity index (χ4n) is 1.82. The maximum absolute atomic E-state index is 9.08. The summed E-state index contributed by atoms with van der Waals surface area (Å²) in [7, 11) is 0. The number of nitrogens with one attached hydrogen (secondary N) is 1. The molecule has 0 saturated heterocycles. The van der Waals surface area contributed by atoms with Gasteiger partial charge >= 0.3 is 0 Å². The molecule has 3 heteroatoms. The lowest BCUT2D eigenvalue weighted by molar-refractivity contribution is 1.13. The van der Waals surface area contributed by atoms with Gasteiger partial charge in [-0.3, -0.25) is 0 Å². The van der Waals surface area contributed by atoms with E-state index in [4.69, 9.17) is 5.26 Å². The molecular weight excluding hydrogens is 222 g/mol. The number of hydrogen-bond donors (Lipinski definition) is 1. The molecule has 1 N–H and O–H groups in total. The van der Waals surface area contributed by atoms with Crippen LogP contribution in [0.3, 0.4) is 0 Å². The monoisotopic (exact) mass is 237 g/mol. The van der Waals surface area contributed by atoms with Gasteiger partial charge in [0.2, 0.25) is 0 Å². The maximum Gasteiger partial charge on any atom is 0.148 e. The molecule has 3 nitrogen and oxygen atoms in total. The second kappa shape index (κ2) is 5.33. The van der Waals surface area contributed by atoms with E-state index in [2.05, 4.69) is 29.4 Å². The van der Waals surface area contributed by atoms with Gasteiger partial charge in [-0.05, 0) is 37.1 Å². The van der Waals surface area contributed by atoms with Crippen molar-refractivity contribution in [3.63, 3.8) is 0 Å². The lowest BCUT2D eigenvalue weighted by atomic mass is 10.1. The van der Waals surface area contributed by atoms with Gasteiger partial charge in [-0.15, -0.1) is 0 Å². The van der Waals surface area contributed by atoms with Crippen LogP contribution >= 0.6 is 0 Å². The number of hydrogen-bond acceptors (Lipinski definition) is 3. The molecule has 0 fully saturated rings. The molecule has 2 aromatic rings. The Bertz CT molecular complexity index is 597. The minimum atomic E-state index is 0.562. The van der Waals surface area contributed by atoms with Crippen LogP contribution in [0.15, 0.2) is 36.4 Å². The number of nitriles is 1. The topological polar surface area (TPSA) is 48.7 Å². The molecule has 1 aromatic carbocycles. The zero-order valence-electron chi connectivity index (χ0n) is 10.6. The number of aryl methyl sites for hydroxylation is 2. The number of anilines is 2. The van der Waals surface area contributed by atoms with Crippen molar-refractivity contribution in [1.82, 2.24) is 4.98 Å². The summed E-state index contributed by atoms with van der Waals surface area (Å²) in [6.07, 6.45) is 0.941. The molecule has 0 radical (unpaired) electrons. The summed E-state index contributed by atoms with van der Waals surface area (Å²) in [5, 5.41) is 12.3. The van der Waals surface area contributed by atoms with Crippen molar-refractivity contribution in [3.05, 3.63) is 53.2 Å². The van der Waals surface area contributed by atoms with Crippen LogP contribution in [0.5, 0.6) is 0 Å². The van der Waals surface area contributed by atoms with E-state index in [0.29, 0.717) is 11.4 Å². The summed E-state index contributed by atoms with van der Waals surface area (Å²) < 4.78 is 0. The van der Waals surface area contributed by atoms with Crippen molar-refractivity contribution in [2.75, 3.05) is 5.32 Å². The van der Waals surface area contributed by atoms with Crippen LogP contribution in [-0.2, 0) is 6.42 Å². The van der Waals surface area contributed by atoms with Gasteiger partial charge in [0.1, 0.15) is 11.9 Å². The van der Waals surface area contributed by atoms with Gasteiger partial charge in [-0.1, -0.05) is 25.1 Å². The Hall–Kier alpha value is -2.34. The number of para-hydroxylation sites is 1. The van der Waals surface area contributed by atoms with Gasteiger partial charge in [-0.2, -0.15) is 5.26 Å². The van der Waals surface area contributed by atoms with Crippen LogP contribution < -0.4 is 5.32 Å². The van der Waals surface area contributed by atoms with Gasteiger partial charge < -0.3 is 5.32 Å². The average Bonchev–Trinajstić information content (AvgIpc) is 2.40. The smallest absolute Gasteiger partial charge is 0.148 e. The van der Waals surface area contributed by atoms with E-state index in [0.717, 1.165) is 17.8 Å². The highest BCUT2D eigenvalue weighted by Gasteiger charge is 2.06. The molecule has 0 aliphatic carbocycles. The van der Waals surface area contributed by atoms with Crippen molar-refractivity contribution >= 4 is 11.5 Å². The molecule has 0 atom stereocenters. The minimum absolute atomic E-state index is 0.562. The predicted molar refractivity (Wildman–Crippen MR) is 72.8 cm³/mol. The van der Waals surface area contributed by atoms with E-state index in [1.807, 2.05) is 31.2 Å². The van der Waals surface area contributed by atoms with Crippen LogP contribution in [-0.4, -0.2) is 4.98 Å². The average molecular weight is 237 g/mol. The molecule has 1 heterocycles. The summed E-state index contributed by atoms with van der Waals surface area (Å²) in [4.78, 5) is 4.38. The maximum atomic E-state index is 9.08. The Morgan fingerprint density at radius 3 is 2.72 bits per heavy atom. The fraction of sp³-hybridized carbons (Fsp3) is 0.200. The van der Waals surface area contributed by atoms with E-state index >= 15 is 0 Å². The van der Waals surface area contributed by atoms with Crippen LogP contribution in [0.2, 0.25) is 0 Å². The summed E-state index contributed by atoms with van der Waals surface area (Å²) >= 11 is 0. The largest absolute Gasteiger partial charge is 0.339 e. The van der Waals surface area contributed by atoms with Crippen molar-refractivity contribution in [2.24, 2.45) is 0 Å². The zero-order chi connectivity index (χ0) is 13.0. The Labute approximate surface area is 107 Å². The quantitative estimate of drug-likeness (QED) is 0.887. The van der Waals surface area contributed by atoms with Gasteiger partial charge in [0.15, 0.2) is 0 Å². The molecule has 0 saturated carbocycles. The van der Waals surface area contributed by atoms with E-state index in [1.54, 1.807) is 6.07 Å². The van der Waals surface area contributed by atoms with E-state index in [9.17, 15) is 0 Å². The number of nitrogens with zero attached hydrogens (tertiary/aromatic N) is 2. The molecular formula is C15H15N3. The van der Waals surface area contributed by atoms with Gasteiger partial charge in [0.25, 0.3) is 0 Å². The van der Waals surface area contributed by atoms with Crippen LogP contribution in [0, 0.1) is 18.3 Å². The first-order chi connectivity index (χ1) is 8.74. The third-order valence-electron chi connectivity index (χ3n) is 2.81. The molecule has 0 amide bonds. The third kappa shape index (κ3) is 2.49. The van der Waals surface area contributed by atoms with Gasteiger partial charge in [0.05, 0.1) is 5.56 Å². The molecule has 0 unspecified atom stereocenters. The molecule has 0 aliphatic heterocycles. The second-order valence-electron chi connectivity index (χ2n) is 4.10. The number of aromatic nitrogens is 1. The molecule has 1 aromatic heterocycles. The second-order valence-corrected chi connectivity index (χ2v) is 4.10. The highest BCUT2D eigenvalue weighted by Crippen LogP contribution is 2.22. The SMILES string of the molecule is CCc1ccccc1Nc1nc(C)ccc1C#N. The van der Waals surface area contributed by atoms with E-state index in [1.165, 1.54) is 5.56 Å². The highest BCUT2D eigenvalue weighted by molar-refractivity contribution is 5.65. The summed E-state index contributed by atoms with van der Waals surface area (Å²) in [5.74, 6) is 0.624. The Balaban J connectivity index is 2.40. The molecule has 18 heavy (non-hydrogen) atoms. The summed E-state index contributed by atoms with van der Waals surface area (Å²) in [6.45, 7) is 4.02. The van der Waals surface area contributed by atoms with Crippen LogP contribution in [0.4, 0.5) is 11.5 Å². The third-order valence-corrected chi connectivity index (χ3v) is 2.81. The fourth-order valence-corrected chi connectivity index (χ4v) is 1.82. The zero-order valence-corrected chi connectivity index (χ0v) is 10.6. The molecule has 2 rings (SSSR count). The first-order valence-electron chi connectivity index (χ1n) is 5.97. The Kier molecular flexibility index (Phi) is 3.59. The van der Waals surface area contributed by atoms with Gasteiger partial charge in [0, 0.05) is 11.4 Å². The summed E-state index contributed by atoms with van der Waals surface area (Å²) in [6, 6.07) is 13.9. The number of rotatable bonds is 3. The number of benzene rings is 1. The van der Waals surface area contributed by atoms with Crippen molar-refractivity contribution in [2.45, 2.75) is 20.3 Å². The lowest BCUT2D eigenvalue weighted by Crippen LogP contribution is -2.00. The minimum Gasteiger partial charge on any atom is -0.339 e. The van der Waals surface area contributed by atoms with Gasteiger partial charge in [-0.25, -0.2) is 4.98 Å². The number of pyridine rings is 1. The standard InChI is InChI=1S/C15H15N3/c1-3-12-6-4-5-7-14(12)18-15-13(10-16)9-8-11(2)17-15/h4-9H,3H2,1-2H3,(H,17,18). The summed E-state index contributed by atoms with van der Waals surface area (Å²) in [5.41, 5.74) is 3.68. The highest BCUT2D eigenvalue weighted by atomic mass is 15.0. The van der Waals surface area contributed by atoms with E-state index in [-0.39, 0.29) is 0 Å². The first-order valence-corrected chi connectivity index (χ1v) is 5.97. The predicted octanol–water partition coefficient (Wildman–Crippen LogP) is 3.57. The first kappa shape index (κ1) is 12.1. The molecule has 0 bridgehead atoms. The Morgan fingerprint density at radius 2 is 2.00 bits per heavy atom.